The predicted molar refractivity (Wildman–Crippen MR) is 136 cm³/mol. The molecular weight excluding hydrogens is 473 g/mol. The number of halogens is 3. The molecule has 5 nitrogen and oxygen atoms in total. The summed E-state index contributed by atoms with van der Waals surface area (Å²) in [5.74, 6) is -0.0371. The van der Waals surface area contributed by atoms with E-state index in [-0.39, 0.29) is 16.6 Å². The van der Waals surface area contributed by atoms with Crippen LogP contribution in [0.1, 0.15) is 39.7 Å². The highest BCUT2D eigenvalue weighted by Gasteiger charge is 2.30. The number of aromatic nitrogens is 2. The van der Waals surface area contributed by atoms with Crippen LogP contribution in [0.2, 0.25) is 0 Å². The Morgan fingerprint density at radius 3 is 2.49 bits per heavy atom. The topological polar surface area (TPSA) is 69.8 Å². The number of rotatable bonds is 6. The molecule has 0 bridgehead atoms. The number of ketones is 1. The summed E-state index contributed by atoms with van der Waals surface area (Å²) in [7, 11) is 0. The molecule has 3 N–H and O–H groups in total. The van der Waals surface area contributed by atoms with Gasteiger partial charge in [0.15, 0.2) is 10.9 Å². The zero-order valence-electron chi connectivity index (χ0n) is 19.1. The fraction of sp³-hybridized carbons (Fsp3) is 0.192. The third kappa shape index (κ3) is 6.05. The molecule has 0 amide bonds. The maximum atomic E-state index is 12.9. The van der Waals surface area contributed by atoms with E-state index in [4.69, 9.17) is 12.2 Å². The van der Waals surface area contributed by atoms with Crippen LogP contribution in [-0.4, -0.2) is 20.9 Å². The second kappa shape index (κ2) is 9.87. The zero-order valence-corrected chi connectivity index (χ0v) is 19.9. The number of nitrogens with zero attached hydrogens (tertiary/aromatic N) is 1. The molecule has 0 fully saturated rings. The smallest absolute Gasteiger partial charge is 0.337 e. The molecule has 0 saturated carbocycles. The Hall–Kier alpha value is -3.72. The average Bonchev–Trinajstić information content (AvgIpc) is 3.23. The first-order chi connectivity index (χ1) is 16.6. The van der Waals surface area contributed by atoms with Crippen molar-refractivity contribution in [3.63, 3.8) is 0 Å². The molecule has 0 aliphatic rings. The lowest BCUT2D eigenvalue weighted by Gasteiger charge is -2.14. The number of hydrogen-bond acceptors (Lipinski definition) is 3. The number of thiocarbonyl (C=S) groups is 1. The maximum Gasteiger partial charge on any atom is 0.416 e. The third-order valence-corrected chi connectivity index (χ3v) is 5.85. The molecule has 0 spiro atoms. The van der Waals surface area contributed by atoms with Crippen molar-refractivity contribution in [3.8, 4) is 0 Å². The van der Waals surface area contributed by atoms with Crippen molar-refractivity contribution < 1.29 is 18.0 Å². The Balaban J connectivity index is 1.42. The quantitative estimate of drug-likeness (QED) is 0.205. The van der Waals surface area contributed by atoms with E-state index < -0.39 is 11.7 Å². The van der Waals surface area contributed by atoms with Gasteiger partial charge in [-0.25, -0.2) is 4.98 Å². The monoisotopic (exact) mass is 496 g/mol. The highest BCUT2D eigenvalue weighted by atomic mass is 32.1. The van der Waals surface area contributed by atoms with Crippen LogP contribution in [0.25, 0.3) is 11.0 Å². The van der Waals surface area contributed by atoms with Crippen molar-refractivity contribution in [2.45, 2.75) is 32.9 Å². The number of carbonyl (C=O) groups excluding carboxylic acids is 1. The first kappa shape index (κ1) is 24.4. The van der Waals surface area contributed by atoms with E-state index in [2.05, 4.69) is 20.6 Å². The summed E-state index contributed by atoms with van der Waals surface area (Å²) in [5, 5.41) is 6.94. The number of fused-ring (bicyclic) bond motifs is 1. The van der Waals surface area contributed by atoms with Gasteiger partial charge in [0.2, 0.25) is 0 Å². The van der Waals surface area contributed by atoms with E-state index in [9.17, 15) is 18.0 Å². The zero-order chi connectivity index (χ0) is 25.2. The Labute approximate surface area is 205 Å². The number of H-pyrrole nitrogens is 1. The van der Waals surface area contributed by atoms with Gasteiger partial charge in [-0.3, -0.25) is 4.79 Å². The normalized spacial score (nSPS) is 11.5. The van der Waals surface area contributed by atoms with E-state index in [0.717, 1.165) is 52.7 Å². The van der Waals surface area contributed by atoms with E-state index in [0.29, 0.717) is 11.3 Å². The van der Waals surface area contributed by atoms with Gasteiger partial charge in [-0.1, -0.05) is 12.1 Å². The fourth-order valence-electron chi connectivity index (χ4n) is 3.75. The highest BCUT2D eigenvalue weighted by Crippen LogP contribution is 2.30. The molecule has 0 saturated heterocycles. The lowest BCUT2D eigenvalue weighted by Crippen LogP contribution is -2.19. The third-order valence-electron chi connectivity index (χ3n) is 5.64. The number of carbonyl (C=O) groups is 1. The van der Waals surface area contributed by atoms with Crippen molar-refractivity contribution >= 4 is 45.5 Å². The summed E-state index contributed by atoms with van der Waals surface area (Å²) in [4.78, 5) is 19.0. The fourth-order valence-corrected chi connectivity index (χ4v) is 3.99. The van der Waals surface area contributed by atoms with E-state index in [1.807, 2.05) is 37.3 Å². The molecule has 2 aromatic heterocycles. The van der Waals surface area contributed by atoms with Gasteiger partial charge in [0.1, 0.15) is 5.65 Å². The summed E-state index contributed by atoms with van der Waals surface area (Å²) >= 11 is 5.30. The lowest BCUT2D eigenvalue weighted by molar-refractivity contribution is -0.137. The van der Waals surface area contributed by atoms with Crippen LogP contribution in [-0.2, 0) is 19.0 Å². The van der Waals surface area contributed by atoms with Gasteiger partial charge >= 0.3 is 6.18 Å². The Kier molecular flexibility index (Phi) is 6.88. The number of anilines is 2. The second-order valence-electron chi connectivity index (χ2n) is 8.32. The molecule has 4 aromatic rings. The minimum Gasteiger partial charge on any atom is -0.337 e. The molecule has 0 unspecified atom stereocenters. The Morgan fingerprint density at radius 1 is 1.03 bits per heavy atom. The van der Waals surface area contributed by atoms with E-state index in [1.165, 1.54) is 19.1 Å². The van der Waals surface area contributed by atoms with Crippen molar-refractivity contribution in [3.05, 3.63) is 88.7 Å². The van der Waals surface area contributed by atoms with Crippen molar-refractivity contribution in [2.75, 3.05) is 10.6 Å². The molecule has 35 heavy (non-hydrogen) atoms. The summed E-state index contributed by atoms with van der Waals surface area (Å²) in [6.07, 6.45) is -1.11. The van der Waals surface area contributed by atoms with Gasteiger partial charge in [-0.05, 0) is 91.1 Å². The van der Waals surface area contributed by atoms with Gasteiger partial charge in [0.05, 0.1) is 11.3 Å². The van der Waals surface area contributed by atoms with Crippen LogP contribution < -0.4 is 10.6 Å². The average molecular weight is 497 g/mol. The second-order valence-corrected chi connectivity index (χ2v) is 8.73. The molecular formula is C26H23F3N4OS. The number of Topliss-reactive ketones (excluding diaryl/α,β-unsaturated/α-hetero) is 1. The lowest BCUT2D eigenvalue weighted by atomic mass is 10.0. The van der Waals surface area contributed by atoms with Gasteiger partial charge in [0.25, 0.3) is 0 Å². The van der Waals surface area contributed by atoms with Gasteiger partial charge < -0.3 is 15.6 Å². The first-order valence-electron chi connectivity index (χ1n) is 10.9. The Bertz CT molecular complexity index is 1410. The largest absolute Gasteiger partial charge is 0.416 e. The molecule has 2 aromatic carbocycles. The van der Waals surface area contributed by atoms with Gasteiger partial charge in [0, 0.05) is 29.9 Å². The van der Waals surface area contributed by atoms with Gasteiger partial charge in [-0.15, -0.1) is 0 Å². The van der Waals surface area contributed by atoms with Crippen LogP contribution in [0.15, 0.2) is 60.8 Å². The minimum absolute atomic E-state index is 0.0371. The number of aryl methyl sites for hydroxylation is 3. The first-order valence-corrected chi connectivity index (χ1v) is 11.3. The summed E-state index contributed by atoms with van der Waals surface area (Å²) < 4.78 is 38.8. The molecule has 0 aliphatic heterocycles. The molecule has 9 heteroatoms. The number of alkyl halides is 3. The summed E-state index contributed by atoms with van der Waals surface area (Å²) in [5.41, 5.74) is 4.74. The Morgan fingerprint density at radius 2 is 1.77 bits per heavy atom. The van der Waals surface area contributed by atoms with Crippen LogP contribution >= 0.6 is 12.2 Å². The van der Waals surface area contributed by atoms with Crippen LogP contribution in [0.4, 0.5) is 24.5 Å². The SMILES string of the molecule is CC(=O)c1cc2cc(CCc3cc(NC(=S)Nc4cccc(C(F)(F)F)c4)ccc3C)cnc2[nH]1. The summed E-state index contributed by atoms with van der Waals surface area (Å²) in [6, 6.07) is 14.5. The van der Waals surface area contributed by atoms with Crippen molar-refractivity contribution in [1.29, 1.82) is 0 Å². The van der Waals surface area contributed by atoms with E-state index >= 15 is 0 Å². The molecule has 0 atom stereocenters. The van der Waals surface area contributed by atoms with Crippen LogP contribution in [0, 0.1) is 6.92 Å². The number of nitrogens with one attached hydrogen (secondary N) is 3. The highest BCUT2D eigenvalue weighted by molar-refractivity contribution is 7.80. The maximum absolute atomic E-state index is 12.9. The van der Waals surface area contributed by atoms with E-state index in [1.54, 1.807) is 6.20 Å². The molecule has 0 radical (unpaired) electrons. The number of aromatic amines is 1. The van der Waals surface area contributed by atoms with Crippen molar-refractivity contribution in [1.82, 2.24) is 9.97 Å². The molecule has 180 valence electrons. The minimum atomic E-state index is -4.42. The summed E-state index contributed by atoms with van der Waals surface area (Å²) in [6.45, 7) is 3.53. The van der Waals surface area contributed by atoms with Crippen LogP contribution in [0.5, 0.6) is 0 Å². The number of hydrogen-bond donors (Lipinski definition) is 3. The number of pyridine rings is 1. The standard InChI is InChI=1S/C26H23F3N4OS/c1-15-6-9-22(32-25(35)31-21-5-3-4-20(13-21)26(27,28)29)11-18(15)8-7-17-10-19-12-23(16(2)34)33-24(19)30-14-17/h3-6,9-14H,7-8H2,1-2H3,(H,30,33)(H2,31,32,35). The molecule has 4 rings (SSSR count). The predicted octanol–water partition coefficient (Wildman–Crippen LogP) is 6.69. The van der Waals surface area contributed by atoms with Gasteiger partial charge in [-0.2, -0.15) is 13.2 Å². The number of benzene rings is 2. The van der Waals surface area contributed by atoms with Crippen molar-refractivity contribution in [2.24, 2.45) is 0 Å². The molecule has 2 heterocycles. The van der Waals surface area contributed by atoms with Crippen LogP contribution in [0.3, 0.4) is 0 Å². The molecule has 0 aliphatic carbocycles.